The number of nitrogens with one attached hydrogen (secondary N) is 1. The molecule has 1 N–H and O–H groups in total. The number of aromatic amines is 1. The zero-order chi connectivity index (χ0) is 23.6. The maximum absolute atomic E-state index is 14.0. The molecule has 5 nitrogen and oxygen atoms in total. The monoisotopic (exact) mass is 449 g/mol. The van der Waals surface area contributed by atoms with Gasteiger partial charge >= 0.3 is 6.03 Å². The normalized spacial score (nSPS) is 21.8. The van der Waals surface area contributed by atoms with Crippen molar-refractivity contribution < 1.29 is 9.59 Å². The Kier molecular flexibility index (Phi) is 4.46. The lowest BCUT2D eigenvalue weighted by Gasteiger charge is -2.40. The number of amides is 3. The number of hydrogen-bond acceptors (Lipinski definition) is 2. The molecule has 34 heavy (non-hydrogen) atoms. The number of anilines is 1. The van der Waals surface area contributed by atoms with E-state index < -0.39 is 5.54 Å². The highest BCUT2D eigenvalue weighted by atomic mass is 16.2. The van der Waals surface area contributed by atoms with Crippen molar-refractivity contribution in [3.8, 4) is 0 Å². The number of hydrogen-bond donors (Lipinski definition) is 1. The first-order valence-corrected chi connectivity index (χ1v) is 11.9. The number of fused-ring (bicyclic) bond motifs is 5. The molecule has 1 aromatic heterocycles. The Morgan fingerprint density at radius 2 is 1.76 bits per heavy atom. The zero-order valence-electron chi connectivity index (χ0n) is 19.6. The second kappa shape index (κ2) is 7.32. The lowest BCUT2D eigenvalue weighted by molar-refractivity contribution is -0.125. The molecule has 3 amide bonds. The maximum atomic E-state index is 14.0. The largest absolute Gasteiger partial charge is 0.356 e. The molecule has 4 aromatic rings. The van der Waals surface area contributed by atoms with E-state index >= 15 is 0 Å². The summed E-state index contributed by atoms with van der Waals surface area (Å²) in [7, 11) is 0. The number of carbonyl (C=O) groups excluding carboxylic acids is 2. The van der Waals surface area contributed by atoms with Crippen LogP contribution in [0.3, 0.4) is 0 Å². The van der Waals surface area contributed by atoms with Crippen LogP contribution >= 0.6 is 0 Å². The van der Waals surface area contributed by atoms with Crippen LogP contribution in [-0.4, -0.2) is 28.4 Å². The van der Waals surface area contributed by atoms with E-state index in [-0.39, 0.29) is 17.9 Å². The molecule has 0 radical (unpaired) electrons. The van der Waals surface area contributed by atoms with E-state index in [0.717, 1.165) is 39.7 Å². The second-order valence-corrected chi connectivity index (χ2v) is 9.55. The van der Waals surface area contributed by atoms with Gasteiger partial charge in [0.05, 0.1) is 11.4 Å². The Morgan fingerprint density at radius 1 is 1.00 bits per heavy atom. The number of urea groups is 1. The van der Waals surface area contributed by atoms with Crippen LogP contribution in [0.4, 0.5) is 10.5 Å². The molecule has 3 heterocycles. The molecule has 2 atom stereocenters. The number of nitrogens with zero attached hydrogens (tertiary/aromatic N) is 2. The van der Waals surface area contributed by atoms with Gasteiger partial charge < -0.3 is 9.88 Å². The van der Waals surface area contributed by atoms with E-state index in [2.05, 4.69) is 42.2 Å². The quantitative estimate of drug-likeness (QED) is 0.398. The summed E-state index contributed by atoms with van der Waals surface area (Å²) in [5.41, 5.74) is 5.89. The molecule has 0 bridgehead atoms. The molecule has 2 aliphatic rings. The summed E-state index contributed by atoms with van der Waals surface area (Å²) >= 11 is 0. The average molecular weight is 450 g/mol. The fraction of sp³-hybridized carbons (Fsp3) is 0.241. The van der Waals surface area contributed by atoms with Crippen LogP contribution in [0, 0.1) is 6.92 Å². The van der Waals surface area contributed by atoms with E-state index in [0.29, 0.717) is 12.2 Å². The number of H-pyrrole nitrogens is 1. The molecular formula is C29H27N3O2. The van der Waals surface area contributed by atoms with Crippen molar-refractivity contribution in [2.75, 3.05) is 11.4 Å². The van der Waals surface area contributed by atoms with Crippen molar-refractivity contribution in [1.29, 1.82) is 0 Å². The van der Waals surface area contributed by atoms with Gasteiger partial charge in [-0.25, -0.2) is 9.69 Å². The van der Waals surface area contributed by atoms with Crippen LogP contribution in [0.15, 0.2) is 72.8 Å². The van der Waals surface area contributed by atoms with Crippen LogP contribution in [0.2, 0.25) is 0 Å². The molecule has 6 rings (SSSR count). The Morgan fingerprint density at radius 3 is 2.50 bits per heavy atom. The van der Waals surface area contributed by atoms with Gasteiger partial charge in [0.1, 0.15) is 0 Å². The van der Waals surface area contributed by atoms with Crippen molar-refractivity contribution >= 4 is 28.5 Å². The number of para-hydroxylation sites is 1. The summed E-state index contributed by atoms with van der Waals surface area (Å²) in [6, 6.07) is 24.1. The van der Waals surface area contributed by atoms with Crippen molar-refractivity contribution in [1.82, 2.24) is 9.88 Å². The smallest absolute Gasteiger partial charge is 0.332 e. The van der Waals surface area contributed by atoms with Gasteiger partial charge in [0.25, 0.3) is 5.91 Å². The summed E-state index contributed by atoms with van der Waals surface area (Å²) in [6.07, 6.45) is 0.978. The summed E-state index contributed by atoms with van der Waals surface area (Å²) in [5.74, 6) is -0.241. The van der Waals surface area contributed by atoms with Crippen molar-refractivity contribution in [2.24, 2.45) is 0 Å². The van der Waals surface area contributed by atoms with Crippen LogP contribution in [0.5, 0.6) is 0 Å². The number of rotatable bonds is 3. The van der Waals surface area contributed by atoms with Gasteiger partial charge in [-0.1, -0.05) is 61.5 Å². The van der Waals surface area contributed by atoms with Crippen LogP contribution in [0.25, 0.3) is 10.9 Å². The topological polar surface area (TPSA) is 56.4 Å². The highest BCUT2D eigenvalue weighted by molar-refractivity contribution is 6.23. The molecule has 1 fully saturated rings. The minimum Gasteiger partial charge on any atom is -0.356 e. The molecule has 1 saturated heterocycles. The number of aryl methyl sites for hydroxylation is 2. The van der Waals surface area contributed by atoms with E-state index in [4.69, 9.17) is 0 Å². The molecule has 2 unspecified atom stereocenters. The third-order valence-electron chi connectivity index (χ3n) is 7.58. The standard InChI is InChI=1S/C29H27N3O2/c1-4-19-12-14-20(15-13-19)23-17-31-28(34)32(21-9-7-8-18(2)16-21)27(33)29(31,3)26-25(23)22-10-5-6-11-24(22)30-26/h5-16,23,30H,4,17H2,1-3H3. The summed E-state index contributed by atoms with van der Waals surface area (Å²) in [5, 5.41) is 1.11. The van der Waals surface area contributed by atoms with Gasteiger partial charge in [0, 0.05) is 23.4 Å². The van der Waals surface area contributed by atoms with Gasteiger partial charge in [0.15, 0.2) is 5.54 Å². The maximum Gasteiger partial charge on any atom is 0.332 e. The molecule has 0 saturated carbocycles. The molecule has 5 heteroatoms. The SMILES string of the molecule is CCc1ccc(C2CN3C(=O)N(c4cccc(C)c4)C(=O)C3(C)c3[nH]c4ccccc4c32)cc1. The third-order valence-corrected chi connectivity index (χ3v) is 7.58. The number of aromatic nitrogens is 1. The van der Waals surface area contributed by atoms with Crippen molar-refractivity contribution in [3.63, 3.8) is 0 Å². The molecule has 170 valence electrons. The first-order valence-electron chi connectivity index (χ1n) is 11.9. The minimum absolute atomic E-state index is 0.0284. The Labute approximate surface area is 199 Å². The van der Waals surface area contributed by atoms with E-state index in [1.165, 1.54) is 10.5 Å². The van der Waals surface area contributed by atoms with Gasteiger partial charge in [0.2, 0.25) is 0 Å². The van der Waals surface area contributed by atoms with Gasteiger partial charge in [-0.05, 0) is 60.7 Å². The fourth-order valence-electron chi connectivity index (χ4n) is 5.67. The van der Waals surface area contributed by atoms with Gasteiger partial charge in [-0.15, -0.1) is 0 Å². The van der Waals surface area contributed by atoms with E-state index in [9.17, 15) is 9.59 Å². The van der Waals surface area contributed by atoms with Crippen LogP contribution < -0.4 is 4.90 Å². The lowest BCUT2D eigenvalue weighted by atomic mass is 9.78. The predicted molar refractivity (Wildman–Crippen MR) is 134 cm³/mol. The van der Waals surface area contributed by atoms with Gasteiger partial charge in [-0.2, -0.15) is 0 Å². The lowest BCUT2D eigenvalue weighted by Crippen LogP contribution is -2.50. The summed E-state index contributed by atoms with van der Waals surface area (Å²) < 4.78 is 0. The van der Waals surface area contributed by atoms with Crippen molar-refractivity contribution in [3.05, 3.63) is 101 Å². The molecule has 3 aromatic carbocycles. The predicted octanol–water partition coefficient (Wildman–Crippen LogP) is 5.87. The Balaban J connectivity index is 1.57. The highest BCUT2D eigenvalue weighted by Gasteiger charge is 2.60. The minimum atomic E-state index is -1.09. The summed E-state index contributed by atoms with van der Waals surface area (Å²) in [6.45, 7) is 6.44. The Bertz CT molecular complexity index is 1450. The van der Waals surface area contributed by atoms with Crippen LogP contribution in [0.1, 0.15) is 47.7 Å². The highest BCUT2D eigenvalue weighted by Crippen LogP contribution is 2.50. The summed E-state index contributed by atoms with van der Waals surface area (Å²) in [4.78, 5) is 34.4. The zero-order valence-corrected chi connectivity index (χ0v) is 19.6. The first-order chi connectivity index (χ1) is 16.4. The van der Waals surface area contributed by atoms with Crippen molar-refractivity contribution in [2.45, 2.75) is 38.6 Å². The fourth-order valence-corrected chi connectivity index (χ4v) is 5.67. The van der Waals surface area contributed by atoms with Gasteiger partial charge in [-0.3, -0.25) is 4.79 Å². The first kappa shape index (κ1) is 20.7. The third kappa shape index (κ3) is 2.73. The molecule has 2 aliphatic heterocycles. The van der Waals surface area contributed by atoms with E-state index in [1.807, 2.05) is 56.3 Å². The molecular weight excluding hydrogens is 422 g/mol. The molecule has 0 aliphatic carbocycles. The second-order valence-electron chi connectivity index (χ2n) is 9.55. The average Bonchev–Trinajstić information content (AvgIpc) is 3.33. The Hall–Kier alpha value is -3.86. The number of benzene rings is 3. The van der Waals surface area contributed by atoms with Crippen LogP contribution in [-0.2, 0) is 16.8 Å². The molecule has 0 spiro atoms. The number of imide groups is 1. The number of carbonyl (C=O) groups is 2. The van der Waals surface area contributed by atoms with E-state index in [1.54, 1.807) is 4.90 Å².